The zero-order valence-electron chi connectivity index (χ0n) is 9.34. The van der Waals surface area contributed by atoms with Crippen LogP contribution in [0.15, 0.2) is 0 Å². The molecule has 0 bridgehead atoms. The lowest BCUT2D eigenvalue weighted by Gasteiger charge is -2.37. The van der Waals surface area contributed by atoms with Crippen LogP contribution in [-0.4, -0.2) is 10.7 Å². The van der Waals surface area contributed by atoms with Gasteiger partial charge in [-0.3, -0.25) is 0 Å². The Morgan fingerprint density at radius 3 is 2.23 bits per heavy atom. The molecule has 1 fully saturated rings. The molecule has 0 aromatic rings. The van der Waals surface area contributed by atoms with Gasteiger partial charge in [-0.2, -0.15) is 0 Å². The molecule has 0 heterocycles. The lowest BCUT2D eigenvalue weighted by Crippen LogP contribution is -2.36. The summed E-state index contributed by atoms with van der Waals surface area (Å²) in [7, 11) is 0. The lowest BCUT2D eigenvalue weighted by atomic mass is 9.73. The van der Waals surface area contributed by atoms with E-state index in [9.17, 15) is 5.11 Å². The molecule has 78 valence electrons. The van der Waals surface area contributed by atoms with Crippen molar-refractivity contribution in [2.24, 2.45) is 11.8 Å². The summed E-state index contributed by atoms with van der Waals surface area (Å²) in [4.78, 5) is 0. The summed E-state index contributed by atoms with van der Waals surface area (Å²) in [5.41, 5.74) is -0.394. The van der Waals surface area contributed by atoms with Crippen LogP contribution >= 0.6 is 0 Å². The molecule has 1 aliphatic carbocycles. The largest absolute Gasteiger partial charge is 0.390 e. The van der Waals surface area contributed by atoms with Gasteiger partial charge in [-0.1, -0.05) is 33.1 Å². The molecule has 0 aromatic carbocycles. The van der Waals surface area contributed by atoms with E-state index in [0.29, 0.717) is 5.92 Å². The van der Waals surface area contributed by atoms with Crippen LogP contribution in [0, 0.1) is 11.8 Å². The molecule has 1 saturated carbocycles. The van der Waals surface area contributed by atoms with E-state index in [1.54, 1.807) is 0 Å². The van der Waals surface area contributed by atoms with Crippen LogP contribution in [0.3, 0.4) is 0 Å². The van der Waals surface area contributed by atoms with Gasteiger partial charge < -0.3 is 5.11 Å². The minimum atomic E-state index is -0.394. The third-order valence-corrected chi connectivity index (χ3v) is 3.65. The van der Waals surface area contributed by atoms with Crippen molar-refractivity contribution in [1.82, 2.24) is 0 Å². The third kappa shape index (κ3) is 2.98. The molecule has 1 atom stereocenters. The average Bonchev–Trinajstić information content (AvgIpc) is 2.05. The molecule has 0 aliphatic heterocycles. The molecule has 0 spiro atoms. The third-order valence-electron chi connectivity index (χ3n) is 3.65. The fraction of sp³-hybridized carbons (Fsp3) is 1.00. The molecule has 1 heteroatoms. The smallest absolute Gasteiger partial charge is 0.0647 e. The summed E-state index contributed by atoms with van der Waals surface area (Å²) in [5.74, 6) is 1.44. The number of rotatable bonds is 3. The Morgan fingerprint density at radius 2 is 1.77 bits per heavy atom. The van der Waals surface area contributed by atoms with Gasteiger partial charge in [-0.05, 0) is 38.0 Å². The highest BCUT2D eigenvalue weighted by atomic mass is 16.3. The van der Waals surface area contributed by atoms with Gasteiger partial charge in [0.1, 0.15) is 0 Å². The lowest BCUT2D eigenvalue weighted by molar-refractivity contribution is -0.0286. The van der Waals surface area contributed by atoms with Gasteiger partial charge in [-0.15, -0.1) is 0 Å². The summed E-state index contributed by atoms with van der Waals surface area (Å²) >= 11 is 0. The van der Waals surface area contributed by atoms with Gasteiger partial charge in [0, 0.05) is 0 Å². The molecule has 0 radical (unpaired) electrons. The Kier molecular flexibility index (Phi) is 3.78. The van der Waals surface area contributed by atoms with E-state index in [-0.39, 0.29) is 0 Å². The van der Waals surface area contributed by atoms with Crippen LogP contribution in [0.5, 0.6) is 0 Å². The van der Waals surface area contributed by atoms with Crippen molar-refractivity contribution in [3.63, 3.8) is 0 Å². The van der Waals surface area contributed by atoms with Crippen LogP contribution < -0.4 is 0 Å². The minimum absolute atomic E-state index is 0.394. The fourth-order valence-electron chi connectivity index (χ4n) is 2.59. The first kappa shape index (κ1) is 11.0. The first-order chi connectivity index (χ1) is 6.06. The van der Waals surface area contributed by atoms with Crippen molar-refractivity contribution in [3.8, 4) is 0 Å². The van der Waals surface area contributed by atoms with E-state index >= 15 is 0 Å². The Hall–Kier alpha value is -0.0400. The molecule has 0 amide bonds. The van der Waals surface area contributed by atoms with E-state index in [4.69, 9.17) is 0 Å². The van der Waals surface area contributed by atoms with E-state index in [1.165, 1.54) is 25.7 Å². The highest BCUT2D eigenvalue weighted by molar-refractivity contribution is 4.85. The van der Waals surface area contributed by atoms with Crippen LogP contribution in [0.25, 0.3) is 0 Å². The standard InChI is InChI=1S/C12H24O/c1-4-9-12(3,13)11-7-5-10(2)6-8-11/h10-11,13H,4-9H2,1-3H3. The van der Waals surface area contributed by atoms with E-state index in [0.717, 1.165) is 18.8 Å². The Morgan fingerprint density at radius 1 is 1.23 bits per heavy atom. The summed E-state index contributed by atoms with van der Waals surface area (Å²) < 4.78 is 0. The van der Waals surface area contributed by atoms with E-state index in [2.05, 4.69) is 13.8 Å². The molecule has 13 heavy (non-hydrogen) atoms. The minimum Gasteiger partial charge on any atom is -0.390 e. The number of hydrogen-bond donors (Lipinski definition) is 1. The molecule has 1 nitrogen and oxygen atoms in total. The maximum Gasteiger partial charge on any atom is 0.0647 e. The van der Waals surface area contributed by atoms with Gasteiger partial charge >= 0.3 is 0 Å². The van der Waals surface area contributed by atoms with Crippen LogP contribution in [-0.2, 0) is 0 Å². The Balaban J connectivity index is 2.42. The molecular weight excluding hydrogens is 160 g/mol. The highest BCUT2D eigenvalue weighted by Crippen LogP contribution is 2.37. The average molecular weight is 184 g/mol. The number of hydrogen-bond acceptors (Lipinski definition) is 1. The van der Waals surface area contributed by atoms with Crippen molar-refractivity contribution in [3.05, 3.63) is 0 Å². The second-order valence-electron chi connectivity index (χ2n) is 5.06. The van der Waals surface area contributed by atoms with E-state index in [1.807, 2.05) is 6.92 Å². The van der Waals surface area contributed by atoms with E-state index < -0.39 is 5.60 Å². The molecule has 0 aromatic heterocycles. The normalized spacial score (nSPS) is 34.2. The molecule has 1 rings (SSSR count). The maximum atomic E-state index is 10.2. The van der Waals surface area contributed by atoms with Crippen molar-refractivity contribution in [1.29, 1.82) is 0 Å². The molecule has 1 aliphatic rings. The fourth-order valence-corrected chi connectivity index (χ4v) is 2.59. The Bertz CT molecular complexity index is 143. The van der Waals surface area contributed by atoms with Gasteiger partial charge in [0.15, 0.2) is 0 Å². The molecule has 1 N–H and O–H groups in total. The molecular formula is C12H24O. The van der Waals surface area contributed by atoms with Crippen molar-refractivity contribution < 1.29 is 5.11 Å². The maximum absolute atomic E-state index is 10.2. The van der Waals surface area contributed by atoms with Crippen LogP contribution in [0.4, 0.5) is 0 Å². The van der Waals surface area contributed by atoms with Gasteiger partial charge in [0.05, 0.1) is 5.60 Å². The second kappa shape index (κ2) is 4.45. The predicted molar refractivity (Wildman–Crippen MR) is 56.7 cm³/mol. The molecule has 1 unspecified atom stereocenters. The summed E-state index contributed by atoms with van der Waals surface area (Å²) in [6.07, 6.45) is 7.14. The van der Waals surface area contributed by atoms with Crippen LogP contribution in [0.2, 0.25) is 0 Å². The summed E-state index contributed by atoms with van der Waals surface area (Å²) in [5, 5.41) is 10.2. The SMILES string of the molecule is CCCC(C)(O)C1CCC(C)CC1. The highest BCUT2D eigenvalue weighted by Gasteiger charge is 2.33. The van der Waals surface area contributed by atoms with Crippen molar-refractivity contribution in [2.45, 2.75) is 64.9 Å². The van der Waals surface area contributed by atoms with Crippen LogP contribution in [0.1, 0.15) is 59.3 Å². The zero-order valence-corrected chi connectivity index (χ0v) is 9.34. The second-order valence-corrected chi connectivity index (χ2v) is 5.06. The van der Waals surface area contributed by atoms with Gasteiger partial charge in [0.2, 0.25) is 0 Å². The predicted octanol–water partition coefficient (Wildman–Crippen LogP) is 3.36. The monoisotopic (exact) mass is 184 g/mol. The first-order valence-electron chi connectivity index (χ1n) is 5.78. The van der Waals surface area contributed by atoms with Gasteiger partial charge in [-0.25, -0.2) is 0 Å². The summed E-state index contributed by atoms with van der Waals surface area (Å²) in [6.45, 7) is 6.50. The van der Waals surface area contributed by atoms with Gasteiger partial charge in [0.25, 0.3) is 0 Å². The Labute approximate surface area is 82.5 Å². The topological polar surface area (TPSA) is 20.2 Å². The summed E-state index contributed by atoms with van der Waals surface area (Å²) in [6, 6.07) is 0. The molecule has 0 saturated heterocycles. The first-order valence-corrected chi connectivity index (χ1v) is 5.78. The quantitative estimate of drug-likeness (QED) is 0.713. The zero-order chi connectivity index (χ0) is 9.90. The number of aliphatic hydroxyl groups is 1. The van der Waals surface area contributed by atoms with Crippen molar-refractivity contribution >= 4 is 0 Å². The van der Waals surface area contributed by atoms with Crippen molar-refractivity contribution in [2.75, 3.05) is 0 Å².